The van der Waals surface area contributed by atoms with Crippen molar-refractivity contribution in [2.75, 3.05) is 6.61 Å². The van der Waals surface area contributed by atoms with Gasteiger partial charge in [-0.1, -0.05) is 180 Å². The fourth-order valence-corrected chi connectivity index (χ4v) is 4.94. The second kappa shape index (κ2) is 27.5. The predicted octanol–water partition coefficient (Wildman–Crippen LogP) is 8.98. The number of aldehydes is 1. The van der Waals surface area contributed by atoms with Gasteiger partial charge in [-0.05, 0) is 84.1 Å². The number of carbonyl (C=O) groups excluding carboxylic acids is 3. The third-order valence-electron chi connectivity index (χ3n) is 6.93. The topological polar surface area (TPSA) is 94.5 Å². The zero-order valence-corrected chi connectivity index (χ0v) is 38.0. The van der Waals surface area contributed by atoms with Crippen LogP contribution < -0.4 is 34.7 Å². The third kappa shape index (κ3) is 21.3. The van der Waals surface area contributed by atoms with E-state index < -0.39 is 5.60 Å². The second-order valence-corrected chi connectivity index (χ2v) is 14.6. The predicted molar refractivity (Wildman–Crippen MR) is 233 cm³/mol. The molecule has 6 aromatic carbocycles. The van der Waals surface area contributed by atoms with Crippen molar-refractivity contribution < 1.29 is 54.2 Å². The summed E-state index contributed by atoms with van der Waals surface area (Å²) in [5.74, 6) is 0.110. The maximum absolute atomic E-state index is 12.4. The van der Waals surface area contributed by atoms with Crippen LogP contribution in [0.5, 0.6) is 0 Å². The van der Waals surface area contributed by atoms with Crippen molar-refractivity contribution in [1.82, 2.24) is 0 Å². The minimum absolute atomic E-state index is 0. The van der Waals surface area contributed by atoms with E-state index in [4.69, 9.17) is 5.11 Å². The van der Waals surface area contributed by atoms with Crippen molar-refractivity contribution in [3.05, 3.63) is 195 Å². The van der Waals surface area contributed by atoms with Gasteiger partial charge in [-0.3, -0.25) is 14.4 Å². The number of hydrogen-bond acceptors (Lipinski definition) is 5. The molecule has 8 heteroatoms. The quantitative estimate of drug-likeness (QED) is 0.0748. The molecule has 5 nitrogen and oxygen atoms in total. The molecule has 56 heavy (non-hydrogen) atoms. The molecule has 6 rings (SSSR count). The van der Waals surface area contributed by atoms with E-state index in [0.29, 0.717) is 11.1 Å². The number of Topliss-reactive ketones (excluding diaryl/α,β-unsaturated/α-hetero) is 1. The number of ketones is 2. The minimum atomic E-state index is -0.750. The number of carbonyl (C=O) groups is 3. The number of hydrogen-bond donors (Lipinski definition) is 1. The van der Waals surface area contributed by atoms with E-state index in [2.05, 4.69) is 31.9 Å². The van der Waals surface area contributed by atoms with Crippen LogP contribution in [0.3, 0.4) is 0 Å². The molecule has 6 aromatic rings. The van der Waals surface area contributed by atoms with Gasteiger partial charge in [0, 0.05) is 32.2 Å². The maximum Gasteiger partial charge on any atom is 1.00 e. The van der Waals surface area contributed by atoms with E-state index in [-0.39, 0.29) is 47.7 Å². The number of aliphatic hydroxyl groups is 1. The number of allylic oxidation sites excluding steroid dienone is 1. The Kier molecular flexibility index (Phi) is 24.6. The molecule has 0 spiro atoms. The molecule has 0 aromatic heterocycles. The third-order valence-corrected chi connectivity index (χ3v) is 7.99. The van der Waals surface area contributed by atoms with Gasteiger partial charge >= 0.3 is 29.6 Å². The molecule has 0 aliphatic carbocycles. The van der Waals surface area contributed by atoms with Crippen LogP contribution in [0.4, 0.5) is 0 Å². The van der Waals surface area contributed by atoms with E-state index in [1.165, 1.54) is 0 Å². The van der Waals surface area contributed by atoms with Crippen LogP contribution in [0.1, 0.15) is 71.3 Å². The van der Waals surface area contributed by atoms with Gasteiger partial charge < -0.3 is 10.2 Å². The van der Waals surface area contributed by atoms with Gasteiger partial charge in [0.25, 0.3) is 0 Å². The van der Waals surface area contributed by atoms with Crippen LogP contribution in [-0.4, -0.2) is 35.2 Å². The normalized spacial score (nSPS) is 9.95. The Bertz CT molecular complexity index is 2050. The smallest absolute Gasteiger partial charge is 0.850 e. The summed E-state index contributed by atoms with van der Waals surface area (Å²) in [6.45, 7) is 8.41. The Hall–Kier alpha value is -4.05. The number of aliphatic hydroxyl groups excluding tert-OH is 1. The maximum atomic E-state index is 12.4. The standard InChI is InChI=1S/C21H15BrO.C14H12O.C7H5BrO.C4H9O.C2H6O.Na/c22-20-12-9-16(10-13-20)11-14-21(23)19-8-4-7-18(15-19)17-5-2-1-3-6-17;1-11(15)13-8-5-9-14(10-13)12-6-3-2-4-7-12;8-7-3-1-6(5-9)2-4-7;1-4(2,3)5;1-2-3;/h1-15H;2-10H,1H3;1-5H;1-3H3;3H,2H2,1H3;/q;;;-1;;+1/b14-11+;;;;;. The van der Waals surface area contributed by atoms with Gasteiger partial charge in [-0.15, -0.1) is 5.60 Å². The molecular weight excluding hydrogens is 839 g/mol. The zero-order chi connectivity index (χ0) is 40.6. The summed E-state index contributed by atoms with van der Waals surface area (Å²) in [7, 11) is 0. The largest absolute Gasteiger partial charge is 1.00 e. The fourth-order valence-electron chi connectivity index (χ4n) is 4.41. The Labute approximate surface area is 371 Å². The molecule has 0 saturated carbocycles. The van der Waals surface area contributed by atoms with Crippen LogP contribution in [0, 0.1) is 0 Å². The van der Waals surface area contributed by atoms with Crippen LogP contribution in [0.25, 0.3) is 28.3 Å². The first-order chi connectivity index (χ1) is 26.2. The molecule has 0 radical (unpaired) electrons. The van der Waals surface area contributed by atoms with Crippen LogP contribution >= 0.6 is 31.9 Å². The minimum Gasteiger partial charge on any atom is -0.850 e. The van der Waals surface area contributed by atoms with Gasteiger partial charge in [-0.2, -0.15) is 0 Å². The van der Waals surface area contributed by atoms with Crippen LogP contribution in [-0.2, 0) is 0 Å². The number of rotatable bonds is 7. The molecule has 0 fully saturated rings. The fraction of sp³-hybridized carbons (Fsp3) is 0.146. The summed E-state index contributed by atoms with van der Waals surface area (Å²) in [6.07, 6.45) is 4.28. The second-order valence-electron chi connectivity index (χ2n) is 12.8. The van der Waals surface area contributed by atoms with Gasteiger partial charge in [-0.25, -0.2) is 0 Å². The SMILES string of the molecule is CC(=O)c1cccc(-c2ccccc2)c1.CC(C)(C)[O-].CCO.O=C(/C=C/c1ccc(Br)cc1)c1cccc(-c2ccccc2)c1.O=Cc1ccc(Br)cc1.[Na+]. The Balaban J connectivity index is 0.000000408. The van der Waals surface area contributed by atoms with E-state index >= 15 is 0 Å². The van der Waals surface area contributed by atoms with Crippen molar-refractivity contribution in [3.63, 3.8) is 0 Å². The van der Waals surface area contributed by atoms with Crippen molar-refractivity contribution >= 4 is 55.8 Å². The van der Waals surface area contributed by atoms with Crippen molar-refractivity contribution in [2.24, 2.45) is 0 Å². The summed E-state index contributed by atoms with van der Waals surface area (Å²) < 4.78 is 2.02. The van der Waals surface area contributed by atoms with Crippen LogP contribution in [0.2, 0.25) is 0 Å². The molecule has 284 valence electrons. The van der Waals surface area contributed by atoms with E-state index in [0.717, 1.165) is 48.6 Å². The Morgan fingerprint density at radius 3 is 1.36 bits per heavy atom. The summed E-state index contributed by atoms with van der Waals surface area (Å²) in [6, 6.07) is 50.6. The average molecular weight is 887 g/mol. The summed E-state index contributed by atoms with van der Waals surface area (Å²) in [5, 5.41) is 17.7. The van der Waals surface area contributed by atoms with Gasteiger partial charge in [0.05, 0.1) is 0 Å². The van der Waals surface area contributed by atoms with Crippen molar-refractivity contribution in [2.45, 2.75) is 40.2 Å². The Morgan fingerprint density at radius 1 is 0.607 bits per heavy atom. The zero-order valence-electron chi connectivity index (χ0n) is 32.8. The number of halogens is 2. The molecule has 0 aliphatic rings. The van der Waals surface area contributed by atoms with Crippen molar-refractivity contribution in [3.8, 4) is 22.3 Å². The molecular formula is C48H47Br2NaO5. The monoisotopic (exact) mass is 884 g/mol. The van der Waals surface area contributed by atoms with Crippen LogP contribution in [0.15, 0.2) is 173 Å². The van der Waals surface area contributed by atoms with E-state index in [9.17, 15) is 19.5 Å². The molecule has 0 heterocycles. The molecule has 0 bridgehead atoms. The van der Waals surface area contributed by atoms with Gasteiger partial charge in [0.2, 0.25) is 0 Å². The molecule has 0 atom stereocenters. The molecule has 0 aliphatic heterocycles. The summed E-state index contributed by atoms with van der Waals surface area (Å²) >= 11 is 6.66. The average Bonchev–Trinajstić information content (AvgIpc) is 3.19. The molecule has 1 N–H and O–H groups in total. The van der Waals surface area contributed by atoms with Gasteiger partial charge in [0.15, 0.2) is 11.6 Å². The first-order valence-electron chi connectivity index (χ1n) is 17.6. The summed E-state index contributed by atoms with van der Waals surface area (Å²) in [4.78, 5) is 33.7. The first-order valence-corrected chi connectivity index (χ1v) is 19.1. The van der Waals surface area contributed by atoms with Gasteiger partial charge in [0.1, 0.15) is 6.29 Å². The van der Waals surface area contributed by atoms with E-state index in [1.54, 1.807) is 52.8 Å². The van der Waals surface area contributed by atoms with E-state index in [1.807, 2.05) is 152 Å². The molecule has 0 amide bonds. The number of benzene rings is 6. The molecule has 0 unspecified atom stereocenters. The summed E-state index contributed by atoms with van der Waals surface area (Å²) in [5.41, 5.74) is 6.80. The molecule has 0 saturated heterocycles. The first kappa shape index (κ1) is 50.0. The Morgan fingerprint density at radius 2 is 0.964 bits per heavy atom. The van der Waals surface area contributed by atoms with Crippen molar-refractivity contribution in [1.29, 1.82) is 0 Å².